The van der Waals surface area contributed by atoms with Crippen LogP contribution < -0.4 is 10.5 Å². The Morgan fingerprint density at radius 1 is 1.35 bits per heavy atom. The van der Waals surface area contributed by atoms with Crippen molar-refractivity contribution in [2.45, 2.75) is 13.8 Å². The molecule has 3 N–H and O–H groups in total. The topological polar surface area (TPSA) is 92.2 Å². The Hall–Kier alpha value is -2.74. The highest BCUT2D eigenvalue weighted by Crippen LogP contribution is 2.36. The highest BCUT2D eigenvalue weighted by Gasteiger charge is 2.16. The number of nitrogens with zero attached hydrogens (tertiary/aromatic N) is 2. The van der Waals surface area contributed by atoms with E-state index in [1.54, 1.807) is 12.1 Å². The van der Waals surface area contributed by atoms with Crippen molar-refractivity contribution in [3.05, 3.63) is 35.0 Å². The van der Waals surface area contributed by atoms with Gasteiger partial charge in [-0.1, -0.05) is 6.07 Å². The number of aromatic nitrogens is 1. The first-order chi connectivity index (χ1) is 9.49. The molecule has 5 heteroatoms. The van der Waals surface area contributed by atoms with Crippen molar-refractivity contribution in [2.24, 2.45) is 0 Å². The molecule has 102 valence electrons. The second kappa shape index (κ2) is 5.10. The van der Waals surface area contributed by atoms with Gasteiger partial charge in [-0.25, -0.2) is 4.98 Å². The molecule has 0 amide bonds. The molecule has 0 aliphatic rings. The van der Waals surface area contributed by atoms with Crippen LogP contribution in [0.1, 0.15) is 16.8 Å². The summed E-state index contributed by atoms with van der Waals surface area (Å²) in [5, 5.41) is 19.0. The van der Waals surface area contributed by atoms with Crippen LogP contribution in [-0.2, 0) is 0 Å². The molecule has 0 atom stereocenters. The van der Waals surface area contributed by atoms with Gasteiger partial charge in [-0.3, -0.25) is 0 Å². The molecule has 1 aromatic carbocycles. The van der Waals surface area contributed by atoms with E-state index < -0.39 is 0 Å². The van der Waals surface area contributed by atoms with Crippen LogP contribution in [0.4, 0.5) is 5.82 Å². The zero-order valence-corrected chi connectivity index (χ0v) is 11.6. The average Bonchev–Trinajstić information content (AvgIpc) is 2.43. The van der Waals surface area contributed by atoms with E-state index in [0.717, 1.165) is 22.4 Å². The standard InChI is InChI=1S/C15H15N3O2/c1-8-9(2)18-15(17)11(7-16)14(8)10-4-5-12(19)13(6-10)20-3/h4-6,19H,1-3H3,(H2,17,18). The fourth-order valence-corrected chi connectivity index (χ4v) is 2.12. The zero-order chi connectivity index (χ0) is 14.9. The van der Waals surface area contributed by atoms with Crippen LogP contribution in [0.2, 0.25) is 0 Å². The van der Waals surface area contributed by atoms with Crippen molar-refractivity contribution in [3.63, 3.8) is 0 Å². The van der Waals surface area contributed by atoms with Crippen LogP contribution >= 0.6 is 0 Å². The summed E-state index contributed by atoms with van der Waals surface area (Å²) < 4.78 is 5.10. The minimum Gasteiger partial charge on any atom is -0.504 e. The maximum absolute atomic E-state index is 9.66. The number of nitriles is 1. The van der Waals surface area contributed by atoms with Gasteiger partial charge in [0.2, 0.25) is 0 Å². The number of aromatic hydroxyl groups is 1. The molecule has 0 aliphatic heterocycles. The number of phenols is 1. The van der Waals surface area contributed by atoms with E-state index in [1.807, 2.05) is 13.8 Å². The van der Waals surface area contributed by atoms with Gasteiger partial charge in [0.15, 0.2) is 11.5 Å². The SMILES string of the molecule is COc1cc(-c2c(C)c(C)nc(N)c2C#N)ccc1O. The Labute approximate surface area is 117 Å². The van der Waals surface area contributed by atoms with Gasteiger partial charge in [-0.2, -0.15) is 5.26 Å². The van der Waals surface area contributed by atoms with Gasteiger partial charge in [-0.15, -0.1) is 0 Å². The van der Waals surface area contributed by atoms with E-state index in [1.165, 1.54) is 13.2 Å². The molecule has 0 spiro atoms. The van der Waals surface area contributed by atoms with Crippen molar-refractivity contribution in [2.75, 3.05) is 12.8 Å². The summed E-state index contributed by atoms with van der Waals surface area (Å²) in [6, 6.07) is 7.02. The molecule has 0 radical (unpaired) electrons. The van der Waals surface area contributed by atoms with E-state index >= 15 is 0 Å². The van der Waals surface area contributed by atoms with Crippen molar-refractivity contribution in [1.82, 2.24) is 4.98 Å². The van der Waals surface area contributed by atoms with E-state index in [9.17, 15) is 10.4 Å². The number of rotatable bonds is 2. The summed E-state index contributed by atoms with van der Waals surface area (Å²) in [6.07, 6.45) is 0. The van der Waals surface area contributed by atoms with Crippen LogP contribution in [-0.4, -0.2) is 17.2 Å². The van der Waals surface area contributed by atoms with Crippen molar-refractivity contribution in [1.29, 1.82) is 5.26 Å². The predicted octanol–water partition coefficient (Wildman–Crippen LogP) is 2.53. The van der Waals surface area contributed by atoms with Crippen molar-refractivity contribution >= 4 is 5.82 Å². The smallest absolute Gasteiger partial charge is 0.161 e. The summed E-state index contributed by atoms with van der Waals surface area (Å²) in [7, 11) is 1.48. The van der Waals surface area contributed by atoms with Gasteiger partial charge in [0, 0.05) is 11.3 Å². The third kappa shape index (κ3) is 2.12. The summed E-state index contributed by atoms with van der Waals surface area (Å²) in [4.78, 5) is 4.16. The molecule has 2 aromatic rings. The lowest BCUT2D eigenvalue weighted by Crippen LogP contribution is -2.03. The molecule has 0 fully saturated rings. The second-order valence-corrected chi connectivity index (χ2v) is 4.46. The van der Waals surface area contributed by atoms with Crippen LogP contribution in [0.3, 0.4) is 0 Å². The molecule has 0 unspecified atom stereocenters. The number of hydrogen-bond acceptors (Lipinski definition) is 5. The van der Waals surface area contributed by atoms with Crippen molar-refractivity contribution < 1.29 is 9.84 Å². The number of benzene rings is 1. The largest absolute Gasteiger partial charge is 0.504 e. The molecular formula is C15H15N3O2. The maximum Gasteiger partial charge on any atom is 0.161 e. The molecule has 2 rings (SSSR count). The van der Waals surface area contributed by atoms with Gasteiger partial charge in [0.1, 0.15) is 17.5 Å². The van der Waals surface area contributed by atoms with Gasteiger partial charge in [-0.05, 0) is 37.1 Å². The minimum absolute atomic E-state index is 0.0474. The first kappa shape index (κ1) is 13.7. The molecule has 0 aliphatic carbocycles. The number of methoxy groups -OCH3 is 1. The van der Waals surface area contributed by atoms with E-state index in [0.29, 0.717) is 11.3 Å². The number of nitrogens with two attached hydrogens (primary N) is 1. The van der Waals surface area contributed by atoms with Gasteiger partial charge in [0.25, 0.3) is 0 Å². The lowest BCUT2D eigenvalue weighted by molar-refractivity contribution is 0.373. The fraction of sp³-hybridized carbons (Fsp3) is 0.200. The van der Waals surface area contributed by atoms with Crippen LogP contribution in [0.15, 0.2) is 18.2 Å². The Morgan fingerprint density at radius 2 is 2.05 bits per heavy atom. The Bertz CT molecular complexity index is 718. The molecular weight excluding hydrogens is 254 g/mol. The van der Waals surface area contributed by atoms with E-state index in [-0.39, 0.29) is 11.6 Å². The molecule has 20 heavy (non-hydrogen) atoms. The molecule has 0 saturated carbocycles. The summed E-state index contributed by atoms with van der Waals surface area (Å²) in [5.74, 6) is 0.600. The number of anilines is 1. The normalized spacial score (nSPS) is 10.1. The first-order valence-corrected chi connectivity index (χ1v) is 6.03. The van der Waals surface area contributed by atoms with E-state index in [4.69, 9.17) is 10.5 Å². The quantitative estimate of drug-likeness (QED) is 0.874. The highest BCUT2D eigenvalue weighted by atomic mass is 16.5. The number of nitrogen functional groups attached to an aromatic ring is 1. The minimum atomic E-state index is 0.0474. The van der Waals surface area contributed by atoms with Crippen LogP contribution in [0.25, 0.3) is 11.1 Å². The summed E-state index contributed by atoms with van der Waals surface area (Å²) in [5.41, 5.74) is 9.28. The number of hydrogen-bond donors (Lipinski definition) is 2. The van der Waals surface area contributed by atoms with Gasteiger partial charge < -0.3 is 15.6 Å². The molecule has 1 aromatic heterocycles. The fourth-order valence-electron chi connectivity index (χ4n) is 2.12. The summed E-state index contributed by atoms with van der Waals surface area (Å²) >= 11 is 0. The second-order valence-electron chi connectivity index (χ2n) is 4.46. The highest BCUT2D eigenvalue weighted by molar-refractivity contribution is 5.80. The van der Waals surface area contributed by atoms with Gasteiger partial charge in [0.05, 0.1) is 7.11 Å². The number of aryl methyl sites for hydroxylation is 1. The average molecular weight is 269 g/mol. The molecule has 0 saturated heterocycles. The third-order valence-corrected chi connectivity index (χ3v) is 3.29. The molecule has 1 heterocycles. The van der Waals surface area contributed by atoms with Crippen LogP contribution in [0, 0.1) is 25.2 Å². The molecule has 5 nitrogen and oxygen atoms in total. The first-order valence-electron chi connectivity index (χ1n) is 6.03. The lowest BCUT2D eigenvalue weighted by atomic mass is 9.95. The third-order valence-electron chi connectivity index (χ3n) is 3.29. The van der Waals surface area contributed by atoms with Crippen LogP contribution in [0.5, 0.6) is 11.5 Å². The Kier molecular flexibility index (Phi) is 3.49. The number of pyridine rings is 1. The lowest BCUT2D eigenvalue weighted by Gasteiger charge is -2.14. The Morgan fingerprint density at radius 3 is 2.65 bits per heavy atom. The number of ether oxygens (including phenoxy) is 1. The predicted molar refractivity (Wildman–Crippen MR) is 76.5 cm³/mol. The maximum atomic E-state index is 9.66. The number of phenolic OH excluding ortho intramolecular Hbond substituents is 1. The monoisotopic (exact) mass is 269 g/mol. The summed E-state index contributed by atoms with van der Waals surface area (Å²) in [6.45, 7) is 3.73. The Balaban J connectivity index is 2.79. The zero-order valence-electron chi connectivity index (χ0n) is 11.6. The van der Waals surface area contributed by atoms with E-state index in [2.05, 4.69) is 11.1 Å². The van der Waals surface area contributed by atoms with Crippen molar-refractivity contribution in [3.8, 4) is 28.7 Å². The molecule has 0 bridgehead atoms. The van der Waals surface area contributed by atoms with Gasteiger partial charge >= 0.3 is 0 Å².